The van der Waals surface area contributed by atoms with Gasteiger partial charge in [-0.15, -0.1) is 0 Å². The monoisotopic (exact) mass is 194 g/mol. The van der Waals surface area contributed by atoms with E-state index in [4.69, 9.17) is 10.2 Å². The second-order valence-corrected chi connectivity index (χ2v) is 3.04. The highest BCUT2D eigenvalue weighted by atomic mass is 16.4. The second kappa shape index (κ2) is 3.49. The van der Waals surface area contributed by atoms with Crippen molar-refractivity contribution in [2.75, 3.05) is 0 Å². The van der Waals surface area contributed by atoms with Gasteiger partial charge >= 0.3 is 11.9 Å². The minimum absolute atomic E-state index is 0.127. The molecule has 4 nitrogen and oxygen atoms in total. The van der Waals surface area contributed by atoms with Gasteiger partial charge in [-0.05, 0) is 31.0 Å². The lowest BCUT2D eigenvalue weighted by atomic mass is 9.98. The van der Waals surface area contributed by atoms with Crippen LogP contribution < -0.4 is 0 Å². The van der Waals surface area contributed by atoms with E-state index in [9.17, 15) is 9.59 Å². The lowest BCUT2D eigenvalue weighted by molar-refractivity contribution is 0.0650. The minimum Gasteiger partial charge on any atom is -0.478 e. The van der Waals surface area contributed by atoms with Gasteiger partial charge in [-0.1, -0.05) is 6.07 Å². The Morgan fingerprint density at radius 2 is 1.64 bits per heavy atom. The summed E-state index contributed by atoms with van der Waals surface area (Å²) in [5.41, 5.74) is 0.975. The smallest absolute Gasteiger partial charge is 0.336 e. The van der Waals surface area contributed by atoms with E-state index < -0.39 is 11.9 Å². The van der Waals surface area contributed by atoms with Crippen LogP contribution in [0.4, 0.5) is 0 Å². The third-order valence-corrected chi connectivity index (χ3v) is 2.18. The fourth-order valence-electron chi connectivity index (χ4n) is 1.27. The van der Waals surface area contributed by atoms with Gasteiger partial charge in [-0.2, -0.15) is 0 Å². The molecule has 1 rings (SSSR count). The molecule has 0 aliphatic heterocycles. The molecule has 0 bridgehead atoms. The zero-order chi connectivity index (χ0) is 10.9. The van der Waals surface area contributed by atoms with Crippen LogP contribution in [0.1, 0.15) is 31.8 Å². The number of carbonyl (C=O) groups is 2. The Hall–Kier alpha value is -1.84. The molecule has 0 unspecified atom stereocenters. The summed E-state index contributed by atoms with van der Waals surface area (Å²) in [7, 11) is 0. The second-order valence-electron chi connectivity index (χ2n) is 3.04. The molecule has 0 aliphatic rings. The van der Waals surface area contributed by atoms with Crippen molar-refractivity contribution < 1.29 is 19.8 Å². The molecule has 0 aromatic heterocycles. The van der Waals surface area contributed by atoms with Crippen LogP contribution in [0.25, 0.3) is 0 Å². The summed E-state index contributed by atoms with van der Waals surface area (Å²) < 4.78 is 0. The Labute approximate surface area is 80.8 Å². The summed E-state index contributed by atoms with van der Waals surface area (Å²) in [6.45, 7) is 3.35. The number of carboxylic acids is 2. The van der Waals surface area contributed by atoms with E-state index in [1.54, 1.807) is 19.9 Å². The topological polar surface area (TPSA) is 74.6 Å². The molecule has 2 N–H and O–H groups in total. The van der Waals surface area contributed by atoms with Crippen molar-refractivity contribution in [3.63, 3.8) is 0 Å². The molecule has 0 saturated carbocycles. The number of aryl methyl sites for hydroxylation is 1. The van der Waals surface area contributed by atoms with E-state index in [0.717, 1.165) is 5.56 Å². The summed E-state index contributed by atoms with van der Waals surface area (Å²) >= 11 is 0. The van der Waals surface area contributed by atoms with Crippen LogP contribution in [0.5, 0.6) is 0 Å². The van der Waals surface area contributed by atoms with Gasteiger partial charge in [0.25, 0.3) is 0 Å². The molecule has 0 saturated heterocycles. The van der Waals surface area contributed by atoms with E-state index in [-0.39, 0.29) is 11.1 Å². The molecule has 4 heteroatoms. The molecule has 14 heavy (non-hydrogen) atoms. The van der Waals surface area contributed by atoms with Crippen molar-refractivity contribution in [3.05, 3.63) is 34.4 Å². The van der Waals surface area contributed by atoms with Gasteiger partial charge < -0.3 is 10.2 Å². The van der Waals surface area contributed by atoms with Crippen LogP contribution in [0.2, 0.25) is 0 Å². The molecule has 0 radical (unpaired) electrons. The molecular formula is C10H10O4. The number of hydrogen-bond donors (Lipinski definition) is 2. The largest absolute Gasteiger partial charge is 0.478 e. The normalized spacial score (nSPS) is 9.86. The van der Waals surface area contributed by atoms with Gasteiger partial charge in [0.15, 0.2) is 0 Å². The maximum atomic E-state index is 10.8. The first-order valence-electron chi connectivity index (χ1n) is 4.02. The molecule has 74 valence electrons. The maximum absolute atomic E-state index is 10.8. The Balaban J connectivity index is 3.53. The third kappa shape index (κ3) is 1.59. The first-order chi connectivity index (χ1) is 6.45. The zero-order valence-electron chi connectivity index (χ0n) is 7.87. The molecule has 0 fully saturated rings. The Morgan fingerprint density at radius 1 is 1.07 bits per heavy atom. The highest BCUT2D eigenvalue weighted by molar-refractivity contribution is 6.02. The molecule has 0 heterocycles. The molecule has 0 atom stereocenters. The number of aromatic carboxylic acids is 2. The first kappa shape index (κ1) is 10.2. The first-order valence-corrected chi connectivity index (χ1v) is 4.02. The van der Waals surface area contributed by atoms with E-state index in [1.165, 1.54) is 6.07 Å². The van der Waals surface area contributed by atoms with Gasteiger partial charge in [-0.3, -0.25) is 0 Å². The van der Waals surface area contributed by atoms with Crippen LogP contribution in [0.3, 0.4) is 0 Å². The number of hydrogen-bond acceptors (Lipinski definition) is 2. The van der Waals surface area contributed by atoms with Crippen molar-refractivity contribution in [2.45, 2.75) is 13.8 Å². The summed E-state index contributed by atoms with van der Waals surface area (Å²) in [5.74, 6) is -2.42. The minimum atomic E-state index is -1.22. The standard InChI is InChI=1S/C10H10O4/c1-5-3-4-7(9(11)12)8(6(5)2)10(13)14/h3-4H,1-2H3,(H,11,12)(H,13,14). The Kier molecular flexibility index (Phi) is 2.56. The van der Waals surface area contributed by atoms with Crippen molar-refractivity contribution >= 4 is 11.9 Å². The SMILES string of the molecule is Cc1ccc(C(=O)O)c(C(=O)O)c1C. The highest BCUT2D eigenvalue weighted by Crippen LogP contribution is 2.18. The van der Waals surface area contributed by atoms with Crippen molar-refractivity contribution in [2.24, 2.45) is 0 Å². The van der Waals surface area contributed by atoms with Crippen LogP contribution >= 0.6 is 0 Å². The number of benzene rings is 1. The van der Waals surface area contributed by atoms with E-state index >= 15 is 0 Å². The van der Waals surface area contributed by atoms with Crippen LogP contribution in [-0.2, 0) is 0 Å². The highest BCUT2D eigenvalue weighted by Gasteiger charge is 2.18. The number of carboxylic acid groups (broad SMARTS) is 2. The summed E-state index contributed by atoms with van der Waals surface area (Å²) in [6, 6.07) is 2.92. The maximum Gasteiger partial charge on any atom is 0.336 e. The van der Waals surface area contributed by atoms with Crippen LogP contribution in [0, 0.1) is 13.8 Å². The lowest BCUT2D eigenvalue weighted by Gasteiger charge is -2.07. The van der Waals surface area contributed by atoms with E-state index in [0.29, 0.717) is 5.56 Å². The van der Waals surface area contributed by atoms with Gasteiger partial charge in [-0.25, -0.2) is 9.59 Å². The number of rotatable bonds is 2. The van der Waals surface area contributed by atoms with Gasteiger partial charge in [0.05, 0.1) is 11.1 Å². The summed E-state index contributed by atoms with van der Waals surface area (Å²) in [5, 5.41) is 17.6. The molecule has 0 amide bonds. The predicted molar refractivity (Wildman–Crippen MR) is 49.8 cm³/mol. The average molecular weight is 194 g/mol. The van der Waals surface area contributed by atoms with Crippen molar-refractivity contribution in [3.8, 4) is 0 Å². The molecule has 1 aromatic rings. The summed E-state index contributed by atoms with van der Waals surface area (Å²) in [6.07, 6.45) is 0. The molecule has 1 aromatic carbocycles. The fraction of sp³-hybridized carbons (Fsp3) is 0.200. The zero-order valence-corrected chi connectivity index (χ0v) is 7.87. The third-order valence-electron chi connectivity index (χ3n) is 2.18. The predicted octanol–water partition coefficient (Wildman–Crippen LogP) is 1.70. The van der Waals surface area contributed by atoms with Gasteiger partial charge in [0.1, 0.15) is 0 Å². The quantitative estimate of drug-likeness (QED) is 0.751. The van der Waals surface area contributed by atoms with Crippen molar-refractivity contribution in [1.29, 1.82) is 0 Å². The van der Waals surface area contributed by atoms with Crippen molar-refractivity contribution in [1.82, 2.24) is 0 Å². The average Bonchev–Trinajstić information content (AvgIpc) is 2.08. The van der Waals surface area contributed by atoms with Gasteiger partial charge in [0, 0.05) is 0 Å². The van der Waals surface area contributed by atoms with Crippen LogP contribution in [-0.4, -0.2) is 22.2 Å². The summed E-state index contributed by atoms with van der Waals surface area (Å²) in [4.78, 5) is 21.6. The fourth-order valence-corrected chi connectivity index (χ4v) is 1.27. The molecular weight excluding hydrogens is 184 g/mol. The molecule has 0 spiro atoms. The Morgan fingerprint density at radius 3 is 2.07 bits per heavy atom. The van der Waals surface area contributed by atoms with Gasteiger partial charge in [0.2, 0.25) is 0 Å². The lowest BCUT2D eigenvalue weighted by Crippen LogP contribution is -2.10. The molecule has 0 aliphatic carbocycles. The van der Waals surface area contributed by atoms with E-state index in [1.807, 2.05) is 0 Å². The Bertz CT molecular complexity index is 407. The van der Waals surface area contributed by atoms with E-state index in [2.05, 4.69) is 0 Å². The van der Waals surface area contributed by atoms with Crippen LogP contribution in [0.15, 0.2) is 12.1 Å².